The molecule has 0 aliphatic heterocycles. The Kier molecular flexibility index (Phi) is 7.65. The van der Waals surface area contributed by atoms with Crippen LogP contribution in [0.5, 0.6) is 0 Å². The first kappa shape index (κ1) is 27.2. The molecule has 4 aliphatic rings. The minimum absolute atomic E-state index is 0.0485. The van der Waals surface area contributed by atoms with Crippen LogP contribution in [0, 0.1) is 28.6 Å². The van der Waals surface area contributed by atoms with E-state index in [4.69, 9.17) is 0 Å². The number of fused-ring (bicyclic) bond motifs is 1. The van der Waals surface area contributed by atoms with E-state index < -0.39 is 23.7 Å². The third-order valence-electron chi connectivity index (χ3n) is 10.2. The standard InChI is InChI=1S/C33H43NO4/c1-21(9-14-30(37)33(16-17-33)31(38)28-8-4-5-18-34-28)26-12-13-27-23(7-6-15-32(26,27)3)10-11-24-19-25(35)20-29(36)22(24)2/h4-5,8-11,14,18,21,25-27,29-30,35-37H,2,6-7,12-13,15-17,19-20H2,1,3H3/t21-,25-,26-,27+,29+,30+,32-/m1/s1. The number of carbonyl (C=O) groups excluding carboxylic acids is 1. The molecule has 0 spiro atoms. The summed E-state index contributed by atoms with van der Waals surface area (Å²) in [6.45, 7) is 8.76. The number of Topliss-reactive ketones (excluding diaryl/α,β-unsaturated/α-hetero) is 1. The van der Waals surface area contributed by atoms with Crippen molar-refractivity contribution >= 4 is 5.78 Å². The van der Waals surface area contributed by atoms with Crippen molar-refractivity contribution in [3.8, 4) is 0 Å². The van der Waals surface area contributed by atoms with Crippen molar-refractivity contribution in [1.82, 2.24) is 4.98 Å². The topological polar surface area (TPSA) is 90.7 Å². The van der Waals surface area contributed by atoms with Crippen molar-refractivity contribution in [2.75, 3.05) is 0 Å². The smallest absolute Gasteiger partial charge is 0.190 e. The Morgan fingerprint density at radius 3 is 2.66 bits per heavy atom. The fourth-order valence-electron chi connectivity index (χ4n) is 7.75. The molecule has 4 saturated carbocycles. The Hall–Kier alpha value is -2.34. The number of carbonyl (C=O) groups is 1. The second-order valence-electron chi connectivity index (χ2n) is 12.6. The minimum atomic E-state index is -0.785. The zero-order valence-corrected chi connectivity index (χ0v) is 22.9. The molecular weight excluding hydrogens is 474 g/mol. The monoisotopic (exact) mass is 517 g/mol. The molecule has 1 aromatic rings. The van der Waals surface area contributed by atoms with Gasteiger partial charge in [0.1, 0.15) is 5.69 Å². The van der Waals surface area contributed by atoms with Crippen LogP contribution in [0.15, 0.2) is 72.0 Å². The highest BCUT2D eigenvalue weighted by molar-refractivity contribution is 6.01. The van der Waals surface area contributed by atoms with Crippen LogP contribution in [0.2, 0.25) is 0 Å². The zero-order valence-electron chi connectivity index (χ0n) is 22.9. The van der Waals surface area contributed by atoms with Gasteiger partial charge >= 0.3 is 0 Å². The van der Waals surface area contributed by atoms with Crippen LogP contribution in [0.3, 0.4) is 0 Å². The van der Waals surface area contributed by atoms with E-state index in [1.165, 1.54) is 12.0 Å². The summed E-state index contributed by atoms with van der Waals surface area (Å²) < 4.78 is 0. The quantitative estimate of drug-likeness (QED) is 0.317. The SMILES string of the molecule is C=C1C(=CC=C2CCC[C@]3(C)[C@@H]([C@H](C)C=C[C@H](O)C4(C(=O)c5ccccn5)CC4)CC[C@@H]23)C[C@@H](O)C[C@@H]1O. The number of ketones is 1. The number of allylic oxidation sites excluding steroid dienone is 4. The Morgan fingerprint density at radius 2 is 1.95 bits per heavy atom. The number of aliphatic hydroxyl groups excluding tert-OH is 3. The molecule has 3 N–H and O–H groups in total. The Balaban J connectivity index is 1.28. The van der Waals surface area contributed by atoms with Crippen LogP contribution in [-0.2, 0) is 0 Å². The predicted molar refractivity (Wildman–Crippen MR) is 149 cm³/mol. The molecule has 0 amide bonds. The third kappa shape index (κ3) is 5.01. The van der Waals surface area contributed by atoms with Gasteiger partial charge in [0.25, 0.3) is 0 Å². The van der Waals surface area contributed by atoms with Crippen LogP contribution >= 0.6 is 0 Å². The van der Waals surface area contributed by atoms with Crippen LogP contribution in [0.1, 0.15) is 82.1 Å². The van der Waals surface area contributed by atoms with E-state index in [1.54, 1.807) is 18.3 Å². The summed E-state index contributed by atoms with van der Waals surface area (Å²) in [6.07, 6.45) is 16.1. The van der Waals surface area contributed by atoms with Gasteiger partial charge in [-0.25, -0.2) is 0 Å². The highest BCUT2D eigenvalue weighted by Gasteiger charge is 2.55. The maximum absolute atomic E-state index is 13.1. The maximum Gasteiger partial charge on any atom is 0.190 e. The summed E-state index contributed by atoms with van der Waals surface area (Å²) in [4.78, 5) is 17.3. The zero-order chi connectivity index (χ0) is 27.1. The van der Waals surface area contributed by atoms with Gasteiger partial charge in [-0.3, -0.25) is 9.78 Å². The van der Waals surface area contributed by atoms with Gasteiger partial charge in [-0.05, 0) is 97.8 Å². The van der Waals surface area contributed by atoms with Crippen LogP contribution < -0.4 is 0 Å². The van der Waals surface area contributed by atoms with Gasteiger partial charge in [-0.15, -0.1) is 0 Å². The Labute approximate surface area is 227 Å². The van der Waals surface area contributed by atoms with E-state index in [-0.39, 0.29) is 11.2 Å². The average Bonchev–Trinajstić information content (AvgIpc) is 3.64. The predicted octanol–water partition coefficient (Wildman–Crippen LogP) is 5.74. The molecule has 5 nitrogen and oxygen atoms in total. The molecule has 1 heterocycles. The molecule has 38 heavy (non-hydrogen) atoms. The fourth-order valence-corrected chi connectivity index (χ4v) is 7.75. The highest BCUT2D eigenvalue weighted by atomic mass is 16.3. The van der Waals surface area contributed by atoms with E-state index in [0.717, 1.165) is 36.8 Å². The lowest BCUT2D eigenvalue weighted by Gasteiger charge is -2.44. The summed E-state index contributed by atoms with van der Waals surface area (Å²) >= 11 is 0. The second-order valence-corrected chi connectivity index (χ2v) is 12.6. The van der Waals surface area contributed by atoms with Crippen molar-refractivity contribution in [1.29, 1.82) is 0 Å². The van der Waals surface area contributed by atoms with Crippen LogP contribution in [0.4, 0.5) is 0 Å². The van der Waals surface area contributed by atoms with Crippen LogP contribution in [-0.4, -0.2) is 44.4 Å². The van der Waals surface area contributed by atoms with E-state index in [9.17, 15) is 20.1 Å². The highest BCUT2D eigenvalue weighted by Crippen LogP contribution is 2.60. The Morgan fingerprint density at radius 1 is 1.16 bits per heavy atom. The van der Waals surface area contributed by atoms with Crippen molar-refractivity contribution in [2.45, 2.75) is 89.9 Å². The normalized spacial score (nSPS) is 36.4. The fraction of sp³-hybridized carbons (Fsp3) is 0.576. The van der Waals surface area contributed by atoms with Crippen molar-refractivity contribution < 1.29 is 20.1 Å². The number of hydrogen-bond donors (Lipinski definition) is 3. The van der Waals surface area contributed by atoms with Gasteiger partial charge in [0, 0.05) is 12.6 Å². The lowest BCUT2D eigenvalue weighted by atomic mass is 9.61. The molecular formula is C33H43NO4. The average molecular weight is 518 g/mol. The van der Waals surface area contributed by atoms with Crippen molar-refractivity contribution in [3.05, 3.63) is 77.7 Å². The summed E-state index contributed by atoms with van der Waals surface area (Å²) in [5, 5.41) is 31.4. The van der Waals surface area contributed by atoms with Gasteiger partial charge in [0.2, 0.25) is 0 Å². The Bertz CT molecular complexity index is 1150. The molecule has 7 atom stereocenters. The number of pyridine rings is 1. The molecule has 0 radical (unpaired) electrons. The van der Waals surface area contributed by atoms with Gasteiger partial charge in [0.05, 0.1) is 23.7 Å². The molecule has 0 bridgehead atoms. The number of aromatic nitrogens is 1. The molecule has 5 heteroatoms. The first-order valence-electron chi connectivity index (χ1n) is 14.4. The van der Waals surface area contributed by atoms with Gasteiger partial charge in [-0.1, -0.05) is 56.4 Å². The number of aliphatic hydroxyl groups is 3. The maximum atomic E-state index is 13.1. The van der Waals surface area contributed by atoms with Gasteiger partial charge in [0.15, 0.2) is 5.78 Å². The molecule has 0 aromatic carbocycles. The molecule has 4 aliphatic carbocycles. The summed E-state index contributed by atoms with van der Waals surface area (Å²) in [5.74, 6) is 1.29. The molecule has 4 fully saturated rings. The lowest BCUT2D eigenvalue weighted by Crippen LogP contribution is -2.35. The first-order valence-corrected chi connectivity index (χ1v) is 14.4. The first-order chi connectivity index (χ1) is 18.2. The van der Waals surface area contributed by atoms with E-state index in [1.807, 2.05) is 12.1 Å². The molecule has 0 unspecified atom stereocenters. The van der Waals surface area contributed by atoms with Gasteiger partial charge < -0.3 is 15.3 Å². The largest absolute Gasteiger partial charge is 0.393 e. The van der Waals surface area contributed by atoms with E-state index in [0.29, 0.717) is 49.1 Å². The third-order valence-corrected chi connectivity index (χ3v) is 10.2. The number of rotatable bonds is 7. The van der Waals surface area contributed by atoms with Crippen LogP contribution in [0.25, 0.3) is 0 Å². The summed E-state index contributed by atoms with van der Waals surface area (Å²) in [6, 6.07) is 5.35. The van der Waals surface area contributed by atoms with Gasteiger partial charge in [-0.2, -0.15) is 0 Å². The molecule has 1 aromatic heterocycles. The lowest BCUT2D eigenvalue weighted by molar-refractivity contribution is 0.0720. The summed E-state index contributed by atoms with van der Waals surface area (Å²) in [5.41, 5.74) is 3.10. The molecule has 204 valence electrons. The second kappa shape index (κ2) is 10.7. The number of nitrogens with zero attached hydrogens (tertiary/aromatic N) is 1. The van der Waals surface area contributed by atoms with Crippen molar-refractivity contribution in [3.63, 3.8) is 0 Å². The molecule has 5 rings (SSSR count). The molecule has 0 saturated heterocycles. The van der Waals surface area contributed by atoms with E-state index >= 15 is 0 Å². The minimum Gasteiger partial charge on any atom is -0.393 e. The number of hydrogen-bond acceptors (Lipinski definition) is 5. The van der Waals surface area contributed by atoms with E-state index in [2.05, 4.69) is 43.6 Å². The van der Waals surface area contributed by atoms with Crippen molar-refractivity contribution in [2.24, 2.45) is 28.6 Å². The summed E-state index contributed by atoms with van der Waals surface area (Å²) in [7, 11) is 0.